The van der Waals surface area contributed by atoms with Gasteiger partial charge in [-0.15, -0.1) is 0 Å². The largest absolute Gasteiger partial charge is 0.358 e. The Kier molecular flexibility index (Phi) is 3.41. The molecule has 0 aliphatic rings. The first kappa shape index (κ1) is 15.2. The van der Waals surface area contributed by atoms with Crippen LogP contribution in [0.25, 0.3) is 21.8 Å². The van der Waals surface area contributed by atoms with Gasteiger partial charge < -0.3 is 4.98 Å². The minimum absolute atomic E-state index is 0.106. The SMILES string of the molecule is N#Cc1c[nH]c2c(NS(=O)(=O)c3cccc4cccnc34)cccc12. The van der Waals surface area contributed by atoms with Gasteiger partial charge in [0.05, 0.1) is 22.3 Å². The van der Waals surface area contributed by atoms with E-state index in [-0.39, 0.29) is 4.90 Å². The monoisotopic (exact) mass is 348 g/mol. The van der Waals surface area contributed by atoms with Crippen LogP contribution in [0.2, 0.25) is 0 Å². The number of aromatic amines is 1. The van der Waals surface area contributed by atoms with Crippen molar-refractivity contribution in [2.24, 2.45) is 0 Å². The van der Waals surface area contributed by atoms with E-state index >= 15 is 0 Å². The quantitative estimate of drug-likeness (QED) is 0.593. The summed E-state index contributed by atoms with van der Waals surface area (Å²) in [5, 5.41) is 10.5. The number of para-hydroxylation sites is 2. The van der Waals surface area contributed by atoms with Crippen molar-refractivity contribution in [3.05, 3.63) is 66.5 Å². The van der Waals surface area contributed by atoms with Crippen LogP contribution in [0, 0.1) is 11.3 Å². The minimum Gasteiger partial charge on any atom is -0.358 e. The predicted octanol–water partition coefficient (Wildman–Crippen LogP) is 3.39. The fourth-order valence-electron chi connectivity index (χ4n) is 2.82. The molecule has 0 atom stereocenters. The maximum absolute atomic E-state index is 12.9. The zero-order valence-corrected chi connectivity index (χ0v) is 13.7. The van der Waals surface area contributed by atoms with Crippen LogP contribution in [0.1, 0.15) is 5.56 Å². The zero-order chi connectivity index (χ0) is 17.4. The molecule has 4 aromatic rings. The fraction of sp³-hybridized carbons (Fsp3) is 0. The summed E-state index contributed by atoms with van der Waals surface area (Å²) < 4.78 is 28.4. The highest BCUT2D eigenvalue weighted by Gasteiger charge is 2.20. The molecular formula is C18H12N4O2S. The number of pyridine rings is 1. The van der Waals surface area contributed by atoms with Crippen molar-refractivity contribution < 1.29 is 8.42 Å². The summed E-state index contributed by atoms with van der Waals surface area (Å²) in [7, 11) is -3.84. The maximum atomic E-state index is 12.9. The molecule has 0 radical (unpaired) electrons. The van der Waals surface area contributed by atoms with Crippen molar-refractivity contribution >= 4 is 37.5 Å². The second-order valence-corrected chi connectivity index (χ2v) is 7.13. The van der Waals surface area contributed by atoms with Gasteiger partial charge in [-0.3, -0.25) is 9.71 Å². The van der Waals surface area contributed by atoms with Crippen LogP contribution in [0.4, 0.5) is 5.69 Å². The van der Waals surface area contributed by atoms with Gasteiger partial charge >= 0.3 is 0 Å². The zero-order valence-electron chi connectivity index (χ0n) is 12.9. The normalized spacial score (nSPS) is 11.5. The molecule has 0 amide bonds. The summed E-state index contributed by atoms with van der Waals surface area (Å²) in [6.45, 7) is 0. The molecule has 0 bridgehead atoms. The molecule has 0 unspecified atom stereocenters. The lowest BCUT2D eigenvalue weighted by atomic mass is 10.2. The highest BCUT2D eigenvalue weighted by molar-refractivity contribution is 7.93. The van der Waals surface area contributed by atoms with E-state index in [9.17, 15) is 8.42 Å². The van der Waals surface area contributed by atoms with Gasteiger partial charge in [0, 0.05) is 23.2 Å². The van der Waals surface area contributed by atoms with E-state index < -0.39 is 10.0 Å². The van der Waals surface area contributed by atoms with Gasteiger partial charge in [-0.05, 0) is 18.2 Å². The second-order valence-electron chi connectivity index (χ2n) is 5.48. The Hall–Kier alpha value is -3.37. The van der Waals surface area contributed by atoms with E-state index in [1.165, 1.54) is 6.07 Å². The van der Waals surface area contributed by atoms with Crippen LogP contribution in [-0.2, 0) is 10.0 Å². The number of aromatic nitrogens is 2. The van der Waals surface area contributed by atoms with Crippen LogP contribution < -0.4 is 4.72 Å². The van der Waals surface area contributed by atoms with E-state index in [2.05, 4.69) is 20.8 Å². The highest BCUT2D eigenvalue weighted by atomic mass is 32.2. The number of fused-ring (bicyclic) bond motifs is 2. The smallest absolute Gasteiger partial charge is 0.264 e. The van der Waals surface area contributed by atoms with Crippen molar-refractivity contribution in [1.82, 2.24) is 9.97 Å². The standard InChI is InChI=1S/C18H12N4O2S/c19-10-13-11-21-18-14(13)6-2-7-15(18)22-25(23,24)16-8-1-4-12-5-3-9-20-17(12)16/h1-9,11,21-22H. The summed E-state index contributed by atoms with van der Waals surface area (Å²) in [5.41, 5.74) is 1.82. The van der Waals surface area contributed by atoms with Crippen LogP contribution in [-0.4, -0.2) is 18.4 Å². The molecule has 122 valence electrons. The first-order valence-electron chi connectivity index (χ1n) is 7.47. The van der Waals surface area contributed by atoms with Crippen molar-refractivity contribution in [3.63, 3.8) is 0 Å². The number of sulfonamides is 1. The van der Waals surface area contributed by atoms with Gasteiger partial charge in [0.1, 0.15) is 11.0 Å². The van der Waals surface area contributed by atoms with Crippen molar-refractivity contribution in [2.75, 3.05) is 4.72 Å². The lowest BCUT2D eigenvalue weighted by Crippen LogP contribution is -2.14. The van der Waals surface area contributed by atoms with E-state index in [4.69, 9.17) is 5.26 Å². The molecule has 7 heteroatoms. The number of hydrogen-bond donors (Lipinski definition) is 2. The summed E-state index contributed by atoms with van der Waals surface area (Å²) in [4.78, 5) is 7.26. The number of rotatable bonds is 3. The second kappa shape index (κ2) is 5.61. The molecule has 4 rings (SSSR count). The average Bonchev–Trinajstić information content (AvgIpc) is 3.05. The van der Waals surface area contributed by atoms with Gasteiger partial charge in [-0.1, -0.05) is 30.3 Å². The third kappa shape index (κ3) is 2.49. The van der Waals surface area contributed by atoms with E-state index in [1.54, 1.807) is 42.7 Å². The topological polar surface area (TPSA) is 98.6 Å². The van der Waals surface area contributed by atoms with Crippen LogP contribution in [0.15, 0.2) is 65.8 Å². The molecule has 2 N–H and O–H groups in total. The third-order valence-corrected chi connectivity index (χ3v) is 5.36. The van der Waals surface area contributed by atoms with Crippen LogP contribution in [0.3, 0.4) is 0 Å². The highest BCUT2D eigenvalue weighted by Crippen LogP contribution is 2.28. The molecule has 0 aliphatic carbocycles. The van der Waals surface area contributed by atoms with Crippen LogP contribution in [0.5, 0.6) is 0 Å². The molecule has 25 heavy (non-hydrogen) atoms. The Balaban J connectivity index is 1.85. The molecular weight excluding hydrogens is 336 g/mol. The molecule has 0 aliphatic heterocycles. The summed E-state index contributed by atoms with van der Waals surface area (Å²) in [6.07, 6.45) is 3.12. The number of nitriles is 1. The predicted molar refractivity (Wildman–Crippen MR) is 95.6 cm³/mol. The van der Waals surface area contributed by atoms with Crippen molar-refractivity contribution in [3.8, 4) is 6.07 Å². The Morgan fingerprint density at radius 3 is 2.72 bits per heavy atom. The minimum atomic E-state index is -3.84. The van der Waals surface area contributed by atoms with Gasteiger partial charge in [-0.25, -0.2) is 8.42 Å². The maximum Gasteiger partial charge on any atom is 0.264 e. The first-order valence-corrected chi connectivity index (χ1v) is 8.95. The van der Waals surface area contributed by atoms with Gasteiger partial charge in [0.2, 0.25) is 0 Å². The summed E-state index contributed by atoms with van der Waals surface area (Å²) in [5.74, 6) is 0. The number of H-pyrrole nitrogens is 1. The lowest BCUT2D eigenvalue weighted by molar-refractivity contribution is 0.602. The molecule has 2 aromatic heterocycles. The molecule has 6 nitrogen and oxygen atoms in total. The third-order valence-electron chi connectivity index (χ3n) is 3.97. The summed E-state index contributed by atoms with van der Waals surface area (Å²) in [6, 6.07) is 15.8. The number of nitrogens with zero attached hydrogens (tertiary/aromatic N) is 2. The molecule has 0 spiro atoms. The Morgan fingerprint density at radius 1 is 1.08 bits per heavy atom. The Labute approximate surface area is 143 Å². The van der Waals surface area contributed by atoms with E-state index in [1.807, 2.05) is 12.1 Å². The number of anilines is 1. The lowest BCUT2D eigenvalue weighted by Gasteiger charge is -2.11. The van der Waals surface area contributed by atoms with E-state index in [0.717, 1.165) is 5.39 Å². The van der Waals surface area contributed by atoms with Gasteiger partial charge in [0.25, 0.3) is 10.0 Å². The number of benzene rings is 2. The average molecular weight is 348 g/mol. The van der Waals surface area contributed by atoms with Gasteiger partial charge in [0.15, 0.2) is 0 Å². The molecule has 2 aromatic carbocycles. The molecule has 2 heterocycles. The number of nitrogens with one attached hydrogen (secondary N) is 2. The fourth-order valence-corrected chi connectivity index (χ4v) is 4.08. The van der Waals surface area contributed by atoms with Crippen molar-refractivity contribution in [1.29, 1.82) is 5.26 Å². The molecule has 0 fully saturated rings. The Morgan fingerprint density at radius 2 is 1.88 bits per heavy atom. The van der Waals surface area contributed by atoms with Gasteiger partial charge in [-0.2, -0.15) is 5.26 Å². The molecule has 0 saturated heterocycles. The molecule has 0 saturated carbocycles. The Bertz CT molecular complexity index is 1250. The van der Waals surface area contributed by atoms with Crippen molar-refractivity contribution in [2.45, 2.75) is 4.90 Å². The van der Waals surface area contributed by atoms with Crippen LogP contribution >= 0.6 is 0 Å². The van der Waals surface area contributed by atoms with E-state index in [0.29, 0.717) is 27.7 Å². The number of hydrogen-bond acceptors (Lipinski definition) is 4. The summed E-state index contributed by atoms with van der Waals surface area (Å²) >= 11 is 0. The first-order chi connectivity index (χ1) is 12.1.